The lowest BCUT2D eigenvalue weighted by atomic mass is 10.2. The van der Waals surface area contributed by atoms with E-state index >= 15 is 0 Å². The van der Waals surface area contributed by atoms with Crippen LogP contribution in [0.3, 0.4) is 0 Å². The first kappa shape index (κ1) is 14.9. The van der Waals surface area contributed by atoms with E-state index in [-0.39, 0.29) is 5.82 Å². The van der Waals surface area contributed by atoms with Crippen LogP contribution in [0.1, 0.15) is 23.9 Å². The van der Waals surface area contributed by atoms with Crippen molar-refractivity contribution >= 4 is 16.5 Å². The van der Waals surface area contributed by atoms with E-state index in [1.165, 1.54) is 6.07 Å². The molecule has 6 heteroatoms. The van der Waals surface area contributed by atoms with Crippen molar-refractivity contribution in [2.45, 2.75) is 26.4 Å². The van der Waals surface area contributed by atoms with Crippen LogP contribution in [0.4, 0.5) is 9.52 Å². The zero-order chi connectivity index (χ0) is 14.4. The predicted molar refractivity (Wildman–Crippen MR) is 80.3 cm³/mol. The molecule has 0 fully saturated rings. The fourth-order valence-electron chi connectivity index (χ4n) is 1.85. The molecule has 0 unspecified atom stereocenters. The third-order valence-electron chi connectivity index (χ3n) is 2.74. The molecular formula is C14H19FN4S. The van der Waals surface area contributed by atoms with Crippen LogP contribution in [0.25, 0.3) is 0 Å². The molecule has 0 atom stereocenters. The van der Waals surface area contributed by atoms with Gasteiger partial charge >= 0.3 is 0 Å². The van der Waals surface area contributed by atoms with E-state index in [0.717, 1.165) is 28.7 Å². The Morgan fingerprint density at radius 3 is 2.90 bits per heavy atom. The second kappa shape index (κ2) is 7.31. The molecule has 2 aromatic rings. The Bertz CT molecular complexity index is 543. The maximum atomic E-state index is 13.1. The van der Waals surface area contributed by atoms with E-state index in [0.29, 0.717) is 13.1 Å². The summed E-state index contributed by atoms with van der Waals surface area (Å²) in [4.78, 5) is 2.10. The van der Waals surface area contributed by atoms with Crippen LogP contribution in [0.2, 0.25) is 0 Å². The molecule has 0 saturated carbocycles. The predicted octanol–water partition coefficient (Wildman–Crippen LogP) is 3.13. The molecule has 0 aliphatic heterocycles. The monoisotopic (exact) mass is 294 g/mol. The summed E-state index contributed by atoms with van der Waals surface area (Å²) < 4.78 is 13.1. The summed E-state index contributed by atoms with van der Waals surface area (Å²) >= 11 is 1.57. The molecule has 0 amide bonds. The van der Waals surface area contributed by atoms with Crippen molar-refractivity contribution in [3.8, 4) is 0 Å². The van der Waals surface area contributed by atoms with Crippen molar-refractivity contribution in [3.05, 3.63) is 40.7 Å². The molecule has 0 aliphatic carbocycles. The largest absolute Gasteiger partial charge is 0.360 e. The molecule has 20 heavy (non-hydrogen) atoms. The van der Waals surface area contributed by atoms with Crippen LogP contribution in [0.15, 0.2) is 24.3 Å². The van der Waals surface area contributed by atoms with Gasteiger partial charge in [0.1, 0.15) is 10.8 Å². The number of hydrogen-bond donors (Lipinski definition) is 1. The van der Waals surface area contributed by atoms with Crippen LogP contribution in [-0.2, 0) is 13.1 Å². The minimum Gasteiger partial charge on any atom is -0.360 e. The maximum absolute atomic E-state index is 13.1. The molecular weight excluding hydrogens is 275 g/mol. The Balaban J connectivity index is 1.87. The van der Waals surface area contributed by atoms with Gasteiger partial charge in [0, 0.05) is 13.1 Å². The summed E-state index contributed by atoms with van der Waals surface area (Å²) in [7, 11) is 1.99. The van der Waals surface area contributed by atoms with Crippen molar-refractivity contribution in [1.82, 2.24) is 15.1 Å². The summed E-state index contributed by atoms with van der Waals surface area (Å²) in [5.74, 6) is -0.196. The fourth-order valence-corrected chi connectivity index (χ4v) is 2.70. The van der Waals surface area contributed by atoms with Crippen LogP contribution >= 0.6 is 11.3 Å². The van der Waals surface area contributed by atoms with E-state index in [9.17, 15) is 4.39 Å². The van der Waals surface area contributed by atoms with Crippen molar-refractivity contribution in [1.29, 1.82) is 0 Å². The lowest BCUT2D eigenvalue weighted by Gasteiger charge is -2.14. The molecule has 0 spiro atoms. The normalized spacial score (nSPS) is 11.0. The summed E-state index contributed by atoms with van der Waals surface area (Å²) in [5.41, 5.74) is 0.960. The number of halogens is 1. The van der Waals surface area contributed by atoms with Crippen molar-refractivity contribution < 1.29 is 4.39 Å². The van der Waals surface area contributed by atoms with Gasteiger partial charge in [-0.2, -0.15) is 0 Å². The molecule has 1 N–H and O–H groups in total. The number of benzene rings is 1. The lowest BCUT2D eigenvalue weighted by Crippen LogP contribution is -2.17. The summed E-state index contributed by atoms with van der Waals surface area (Å²) in [6.07, 6.45) is 1.06. The van der Waals surface area contributed by atoms with Gasteiger partial charge in [-0.1, -0.05) is 30.4 Å². The molecule has 0 saturated heterocycles. The van der Waals surface area contributed by atoms with Gasteiger partial charge in [-0.25, -0.2) is 4.39 Å². The summed E-state index contributed by atoms with van der Waals surface area (Å²) in [6, 6.07) is 6.68. The standard InChI is InChI=1S/C14H19FN4S/c1-3-7-16-14-18-17-13(20-14)10-19(2)9-11-5-4-6-12(15)8-11/h4-6,8H,3,7,9-10H2,1-2H3,(H,16,18). The Kier molecular flexibility index (Phi) is 5.43. The quantitative estimate of drug-likeness (QED) is 0.852. The minimum atomic E-state index is -0.196. The van der Waals surface area contributed by atoms with Gasteiger partial charge in [-0.05, 0) is 31.2 Å². The molecule has 1 heterocycles. The number of aromatic nitrogens is 2. The average Bonchev–Trinajstić information content (AvgIpc) is 2.83. The van der Waals surface area contributed by atoms with E-state index in [2.05, 4.69) is 27.3 Å². The molecule has 0 radical (unpaired) electrons. The van der Waals surface area contributed by atoms with E-state index in [4.69, 9.17) is 0 Å². The van der Waals surface area contributed by atoms with Crippen LogP contribution < -0.4 is 5.32 Å². The second-order valence-corrected chi connectivity index (χ2v) is 5.79. The third-order valence-corrected chi connectivity index (χ3v) is 3.61. The smallest absolute Gasteiger partial charge is 0.205 e. The Hall–Kier alpha value is -1.53. The molecule has 1 aromatic heterocycles. The lowest BCUT2D eigenvalue weighted by molar-refractivity contribution is 0.317. The topological polar surface area (TPSA) is 41.1 Å². The first-order chi connectivity index (χ1) is 9.67. The Morgan fingerprint density at radius 2 is 2.15 bits per heavy atom. The highest BCUT2D eigenvalue weighted by molar-refractivity contribution is 7.15. The fraction of sp³-hybridized carbons (Fsp3) is 0.429. The van der Waals surface area contributed by atoms with Gasteiger partial charge in [0.15, 0.2) is 0 Å². The van der Waals surface area contributed by atoms with Gasteiger partial charge < -0.3 is 5.32 Å². The van der Waals surface area contributed by atoms with E-state index in [1.807, 2.05) is 13.1 Å². The average molecular weight is 294 g/mol. The van der Waals surface area contributed by atoms with Crippen molar-refractivity contribution in [2.75, 3.05) is 18.9 Å². The first-order valence-electron chi connectivity index (χ1n) is 6.66. The van der Waals surface area contributed by atoms with Gasteiger partial charge in [-0.3, -0.25) is 4.90 Å². The number of rotatable bonds is 7. The molecule has 0 aliphatic rings. The molecule has 4 nitrogen and oxygen atoms in total. The maximum Gasteiger partial charge on any atom is 0.205 e. The molecule has 0 bridgehead atoms. The van der Waals surface area contributed by atoms with E-state index in [1.54, 1.807) is 23.5 Å². The third kappa shape index (κ3) is 4.54. The molecule has 108 valence electrons. The van der Waals surface area contributed by atoms with Crippen LogP contribution in [-0.4, -0.2) is 28.7 Å². The summed E-state index contributed by atoms with van der Waals surface area (Å²) in [5, 5.41) is 13.3. The highest BCUT2D eigenvalue weighted by Crippen LogP contribution is 2.17. The van der Waals surface area contributed by atoms with Crippen molar-refractivity contribution in [2.24, 2.45) is 0 Å². The van der Waals surface area contributed by atoms with Gasteiger partial charge in [-0.15, -0.1) is 10.2 Å². The van der Waals surface area contributed by atoms with Gasteiger partial charge in [0.25, 0.3) is 0 Å². The zero-order valence-electron chi connectivity index (χ0n) is 11.8. The molecule has 2 rings (SSSR count). The second-order valence-electron chi connectivity index (χ2n) is 4.73. The number of anilines is 1. The van der Waals surface area contributed by atoms with Gasteiger partial charge in [0.05, 0.1) is 6.54 Å². The van der Waals surface area contributed by atoms with Crippen LogP contribution in [0, 0.1) is 5.82 Å². The SMILES string of the molecule is CCCNc1nnc(CN(C)Cc2cccc(F)c2)s1. The Labute approximate surface area is 122 Å². The number of nitrogens with zero attached hydrogens (tertiary/aromatic N) is 3. The van der Waals surface area contributed by atoms with Crippen LogP contribution in [0.5, 0.6) is 0 Å². The molecule has 1 aromatic carbocycles. The summed E-state index contributed by atoms with van der Waals surface area (Å²) in [6.45, 7) is 4.42. The highest BCUT2D eigenvalue weighted by Gasteiger charge is 2.07. The first-order valence-corrected chi connectivity index (χ1v) is 7.48. The van der Waals surface area contributed by atoms with Gasteiger partial charge in [0.2, 0.25) is 5.13 Å². The van der Waals surface area contributed by atoms with E-state index < -0.39 is 0 Å². The number of hydrogen-bond acceptors (Lipinski definition) is 5. The Morgan fingerprint density at radius 1 is 1.30 bits per heavy atom. The highest BCUT2D eigenvalue weighted by atomic mass is 32.1. The van der Waals surface area contributed by atoms with Crippen molar-refractivity contribution in [3.63, 3.8) is 0 Å². The number of nitrogens with one attached hydrogen (secondary N) is 1. The minimum absolute atomic E-state index is 0.196. The zero-order valence-corrected chi connectivity index (χ0v) is 12.6.